The van der Waals surface area contributed by atoms with Crippen LogP contribution >= 0.6 is 0 Å². The van der Waals surface area contributed by atoms with Gasteiger partial charge >= 0.3 is 0 Å². The maximum atomic E-state index is 12.8. The second-order valence-electron chi connectivity index (χ2n) is 5.90. The quantitative estimate of drug-likeness (QED) is 0.346. The minimum atomic E-state index is -0.886. The van der Waals surface area contributed by atoms with Crippen LogP contribution in [0.25, 0.3) is 0 Å². The van der Waals surface area contributed by atoms with Crippen LogP contribution in [0.4, 0.5) is 5.69 Å². The molecule has 4 N–H and O–H groups in total. The maximum absolute atomic E-state index is 12.8. The minimum absolute atomic E-state index is 0.0185. The molecule has 21 heavy (non-hydrogen) atoms. The molecular formula is C16H23N3O2. The van der Waals surface area contributed by atoms with Crippen molar-refractivity contribution in [2.45, 2.75) is 46.0 Å². The average Bonchev–Trinajstić information content (AvgIpc) is 2.50. The molecule has 1 aliphatic carbocycles. The van der Waals surface area contributed by atoms with Crippen LogP contribution in [0, 0.1) is 19.3 Å². The molecule has 0 unspecified atom stereocenters. The van der Waals surface area contributed by atoms with Crippen LogP contribution in [0.2, 0.25) is 0 Å². The molecule has 1 aliphatic rings. The van der Waals surface area contributed by atoms with Gasteiger partial charge in [-0.1, -0.05) is 36.6 Å². The molecule has 0 bridgehead atoms. The van der Waals surface area contributed by atoms with Gasteiger partial charge in [0.05, 0.1) is 0 Å². The predicted octanol–water partition coefficient (Wildman–Crippen LogP) is 2.94. The summed E-state index contributed by atoms with van der Waals surface area (Å²) in [6.07, 6.45) is 4.16. The Balaban J connectivity index is 2.29. The van der Waals surface area contributed by atoms with E-state index in [4.69, 9.17) is 10.9 Å². The van der Waals surface area contributed by atoms with Crippen molar-refractivity contribution in [3.05, 3.63) is 29.3 Å². The zero-order chi connectivity index (χ0) is 15.5. The van der Waals surface area contributed by atoms with Crippen molar-refractivity contribution in [3.63, 3.8) is 0 Å². The largest absolute Gasteiger partial charge is 0.409 e. The van der Waals surface area contributed by atoms with Gasteiger partial charge in [-0.3, -0.25) is 4.79 Å². The molecular weight excluding hydrogens is 266 g/mol. The molecule has 0 aromatic heterocycles. The van der Waals surface area contributed by atoms with E-state index >= 15 is 0 Å². The first kappa shape index (κ1) is 15.4. The monoisotopic (exact) mass is 289 g/mol. The van der Waals surface area contributed by atoms with Gasteiger partial charge in [-0.25, -0.2) is 0 Å². The number of hydrogen-bond donors (Lipinski definition) is 3. The van der Waals surface area contributed by atoms with Crippen molar-refractivity contribution in [2.75, 3.05) is 5.32 Å². The number of nitrogens with zero attached hydrogens (tertiary/aromatic N) is 1. The molecule has 0 saturated heterocycles. The Morgan fingerprint density at radius 2 is 1.95 bits per heavy atom. The lowest BCUT2D eigenvalue weighted by atomic mass is 9.72. The third-order valence-electron chi connectivity index (χ3n) is 4.38. The van der Waals surface area contributed by atoms with Gasteiger partial charge < -0.3 is 16.3 Å². The van der Waals surface area contributed by atoms with E-state index in [1.54, 1.807) is 0 Å². The van der Waals surface area contributed by atoms with Gasteiger partial charge in [-0.2, -0.15) is 0 Å². The molecule has 0 aliphatic heterocycles. The molecule has 0 radical (unpaired) electrons. The Morgan fingerprint density at radius 1 is 1.29 bits per heavy atom. The number of nitrogens with one attached hydrogen (secondary N) is 1. The molecule has 1 aromatic rings. The SMILES string of the molecule is Cc1ccc(C)c(NC(=O)C2(C(N)=NO)CCCCC2)c1. The van der Waals surface area contributed by atoms with Crippen LogP contribution in [0.15, 0.2) is 23.4 Å². The Bertz CT molecular complexity index is 561. The second-order valence-corrected chi connectivity index (χ2v) is 5.90. The average molecular weight is 289 g/mol. The highest BCUT2D eigenvalue weighted by atomic mass is 16.4. The van der Waals surface area contributed by atoms with Gasteiger partial charge in [-0.15, -0.1) is 0 Å². The van der Waals surface area contributed by atoms with Gasteiger partial charge in [0.1, 0.15) is 5.41 Å². The van der Waals surface area contributed by atoms with E-state index < -0.39 is 5.41 Å². The zero-order valence-electron chi connectivity index (χ0n) is 12.6. The highest BCUT2D eigenvalue weighted by Crippen LogP contribution is 2.38. The fraction of sp³-hybridized carbons (Fsp3) is 0.500. The highest BCUT2D eigenvalue weighted by molar-refractivity contribution is 6.12. The molecule has 114 valence electrons. The van der Waals surface area contributed by atoms with Gasteiger partial charge in [-0.05, 0) is 43.9 Å². The van der Waals surface area contributed by atoms with E-state index in [2.05, 4.69) is 10.5 Å². The van der Waals surface area contributed by atoms with E-state index in [0.717, 1.165) is 36.1 Å². The Hall–Kier alpha value is -2.04. The lowest BCUT2D eigenvalue weighted by Crippen LogP contribution is -2.48. The Labute approximate surface area is 125 Å². The summed E-state index contributed by atoms with van der Waals surface area (Å²) in [7, 11) is 0. The summed E-state index contributed by atoms with van der Waals surface area (Å²) in [5.41, 5.74) is 7.83. The van der Waals surface area contributed by atoms with E-state index in [0.29, 0.717) is 12.8 Å². The number of carbonyl (C=O) groups is 1. The van der Waals surface area contributed by atoms with Crippen molar-refractivity contribution < 1.29 is 10.0 Å². The normalized spacial score (nSPS) is 18.3. The summed E-state index contributed by atoms with van der Waals surface area (Å²) in [4.78, 5) is 12.8. The van der Waals surface area contributed by atoms with Crippen molar-refractivity contribution in [3.8, 4) is 0 Å². The number of amidine groups is 1. The first-order valence-electron chi connectivity index (χ1n) is 7.36. The van der Waals surface area contributed by atoms with Crippen LogP contribution in [0.1, 0.15) is 43.2 Å². The number of rotatable bonds is 3. The highest BCUT2D eigenvalue weighted by Gasteiger charge is 2.44. The number of oxime groups is 1. The predicted molar refractivity (Wildman–Crippen MR) is 83.5 cm³/mol. The standard InChI is InChI=1S/C16H23N3O2/c1-11-6-7-12(2)13(10-11)18-15(20)16(14(17)19-21)8-4-3-5-9-16/h6-7,10,21H,3-5,8-9H2,1-2H3,(H2,17,19)(H,18,20). The maximum Gasteiger partial charge on any atom is 0.238 e. The molecule has 1 aromatic carbocycles. The number of anilines is 1. The number of aryl methyl sites for hydroxylation is 2. The van der Waals surface area contributed by atoms with Crippen LogP contribution in [0.5, 0.6) is 0 Å². The number of nitrogens with two attached hydrogens (primary N) is 1. The van der Waals surface area contributed by atoms with Crippen molar-refractivity contribution in [1.29, 1.82) is 0 Å². The van der Waals surface area contributed by atoms with E-state index in [1.807, 2.05) is 32.0 Å². The van der Waals surface area contributed by atoms with Crippen molar-refractivity contribution in [2.24, 2.45) is 16.3 Å². The summed E-state index contributed by atoms with van der Waals surface area (Å²) in [6, 6.07) is 5.92. The third-order valence-corrected chi connectivity index (χ3v) is 4.38. The smallest absolute Gasteiger partial charge is 0.238 e. The summed E-state index contributed by atoms with van der Waals surface area (Å²) in [6.45, 7) is 3.93. The fourth-order valence-electron chi connectivity index (χ4n) is 2.96. The van der Waals surface area contributed by atoms with Gasteiger partial charge in [0.15, 0.2) is 5.84 Å². The Morgan fingerprint density at radius 3 is 2.57 bits per heavy atom. The molecule has 2 rings (SSSR count). The molecule has 5 heteroatoms. The topological polar surface area (TPSA) is 87.7 Å². The molecule has 1 fully saturated rings. The van der Waals surface area contributed by atoms with Crippen molar-refractivity contribution >= 4 is 17.4 Å². The number of carbonyl (C=O) groups excluding carboxylic acids is 1. The zero-order valence-corrected chi connectivity index (χ0v) is 12.6. The first-order chi connectivity index (χ1) is 9.99. The van der Waals surface area contributed by atoms with Crippen LogP contribution in [-0.4, -0.2) is 17.0 Å². The van der Waals surface area contributed by atoms with Crippen LogP contribution < -0.4 is 11.1 Å². The molecule has 0 spiro atoms. The van der Waals surface area contributed by atoms with Gasteiger partial charge in [0, 0.05) is 5.69 Å². The number of benzene rings is 1. The lowest BCUT2D eigenvalue weighted by Gasteiger charge is -2.34. The summed E-state index contributed by atoms with van der Waals surface area (Å²) >= 11 is 0. The minimum Gasteiger partial charge on any atom is -0.409 e. The molecule has 5 nitrogen and oxygen atoms in total. The third kappa shape index (κ3) is 3.01. The summed E-state index contributed by atoms with van der Waals surface area (Å²) in [5.74, 6) is -0.156. The Kier molecular flexibility index (Phi) is 4.50. The number of amides is 1. The van der Waals surface area contributed by atoms with Crippen LogP contribution in [-0.2, 0) is 4.79 Å². The van der Waals surface area contributed by atoms with Gasteiger partial charge in [0.2, 0.25) is 5.91 Å². The van der Waals surface area contributed by atoms with E-state index in [1.165, 1.54) is 0 Å². The van der Waals surface area contributed by atoms with Gasteiger partial charge in [0.25, 0.3) is 0 Å². The second kappa shape index (κ2) is 6.16. The van der Waals surface area contributed by atoms with E-state index in [9.17, 15) is 4.79 Å². The molecule has 0 heterocycles. The lowest BCUT2D eigenvalue weighted by molar-refractivity contribution is -0.123. The fourth-order valence-corrected chi connectivity index (χ4v) is 2.96. The summed E-state index contributed by atoms with van der Waals surface area (Å²) < 4.78 is 0. The van der Waals surface area contributed by atoms with Crippen molar-refractivity contribution in [1.82, 2.24) is 0 Å². The van der Waals surface area contributed by atoms with E-state index in [-0.39, 0.29) is 11.7 Å². The first-order valence-corrected chi connectivity index (χ1v) is 7.36. The molecule has 1 saturated carbocycles. The number of hydrogen-bond acceptors (Lipinski definition) is 3. The van der Waals surface area contributed by atoms with Crippen LogP contribution in [0.3, 0.4) is 0 Å². The molecule has 1 amide bonds. The summed E-state index contributed by atoms with van der Waals surface area (Å²) in [5, 5.41) is 15.1. The molecule has 0 atom stereocenters.